The minimum Gasteiger partial charge on any atom is -0.504 e. The average molecular weight is 360 g/mol. The second-order valence-electron chi connectivity index (χ2n) is 5.21. The maximum atomic E-state index is 9.87. The smallest absolute Gasteiger partial charge is 0.176 e. The molecule has 0 saturated heterocycles. The van der Waals surface area contributed by atoms with Gasteiger partial charge in [0.1, 0.15) is 29.2 Å². The number of hydrogen-bond donors (Lipinski definition) is 2. The molecule has 126 valence electrons. The van der Waals surface area contributed by atoms with Gasteiger partial charge in [0.05, 0.1) is 10.5 Å². The largest absolute Gasteiger partial charge is 0.504 e. The number of para-hydroxylation sites is 1. The van der Waals surface area contributed by atoms with Crippen LogP contribution in [0.2, 0.25) is 0 Å². The highest BCUT2D eigenvalue weighted by Gasteiger charge is 2.18. The van der Waals surface area contributed by atoms with Crippen molar-refractivity contribution in [1.29, 1.82) is 10.5 Å². The van der Waals surface area contributed by atoms with Crippen LogP contribution in [0.25, 0.3) is 0 Å². The summed E-state index contributed by atoms with van der Waals surface area (Å²) in [6.45, 7) is 0. The highest BCUT2D eigenvalue weighted by molar-refractivity contribution is 7.99. The van der Waals surface area contributed by atoms with Crippen molar-refractivity contribution in [2.45, 2.75) is 9.79 Å². The molecule has 6 heteroatoms. The minimum absolute atomic E-state index is 0.117. The Bertz CT molecular complexity index is 1020. The Labute approximate surface area is 154 Å². The van der Waals surface area contributed by atoms with Crippen molar-refractivity contribution in [1.82, 2.24) is 0 Å². The number of ether oxygens (including phenoxy) is 1. The molecular weight excluding hydrogens is 348 g/mol. The van der Waals surface area contributed by atoms with Gasteiger partial charge in [0.25, 0.3) is 0 Å². The van der Waals surface area contributed by atoms with Gasteiger partial charge >= 0.3 is 0 Å². The van der Waals surface area contributed by atoms with Crippen molar-refractivity contribution in [3.05, 3.63) is 71.8 Å². The predicted molar refractivity (Wildman–Crippen MR) is 96.3 cm³/mol. The Morgan fingerprint density at radius 2 is 1.50 bits per heavy atom. The molecule has 0 bridgehead atoms. The molecule has 0 aliphatic heterocycles. The monoisotopic (exact) mass is 360 g/mol. The molecule has 3 aromatic rings. The maximum absolute atomic E-state index is 9.87. The number of aromatic hydroxyl groups is 2. The van der Waals surface area contributed by atoms with Crippen molar-refractivity contribution in [3.63, 3.8) is 0 Å². The molecule has 0 fully saturated rings. The summed E-state index contributed by atoms with van der Waals surface area (Å²) in [7, 11) is 0. The molecule has 0 spiro atoms. The van der Waals surface area contributed by atoms with Gasteiger partial charge in [-0.1, -0.05) is 30.0 Å². The molecule has 0 saturated carbocycles. The van der Waals surface area contributed by atoms with Crippen molar-refractivity contribution in [2.24, 2.45) is 0 Å². The van der Waals surface area contributed by atoms with Gasteiger partial charge in [0.15, 0.2) is 11.5 Å². The fourth-order valence-electron chi connectivity index (χ4n) is 2.25. The van der Waals surface area contributed by atoms with Gasteiger partial charge < -0.3 is 14.9 Å². The van der Waals surface area contributed by atoms with Crippen LogP contribution in [-0.2, 0) is 0 Å². The van der Waals surface area contributed by atoms with E-state index in [0.717, 1.165) is 28.5 Å². The summed E-state index contributed by atoms with van der Waals surface area (Å²) in [5.74, 6) is 0.345. The molecule has 0 aromatic heterocycles. The van der Waals surface area contributed by atoms with E-state index in [1.807, 2.05) is 42.5 Å². The van der Waals surface area contributed by atoms with E-state index in [2.05, 4.69) is 0 Å². The molecule has 0 unspecified atom stereocenters. The van der Waals surface area contributed by atoms with E-state index in [1.54, 1.807) is 24.3 Å². The molecular formula is C20H12N2O3S. The van der Waals surface area contributed by atoms with Gasteiger partial charge in [0.2, 0.25) is 0 Å². The Morgan fingerprint density at radius 1 is 0.846 bits per heavy atom. The third kappa shape index (κ3) is 3.56. The van der Waals surface area contributed by atoms with Crippen LogP contribution < -0.4 is 4.74 Å². The second-order valence-corrected chi connectivity index (χ2v) is 6.29. The summed E-state index contributed by atoms with van der Waals surface area (Å²) >= 11 is 1.16. The van der Waals surface area contributed by atoms with Gasteiger partial charge in [-0.2, -0.15) is 10.5 Å². The van der Waals surface area contributed by atoms with Gasteiger partial charge in [0, 0.05) is 11.0 Å². The van der Waals surface area contributed by atoms with Crippen LogP contribution in [0.5, 0.6) is 23.0 Å². The summed E-state index contributed by atoms with van der Waals surface area (Å²) in [5.41, 5.74) is -0.0115. The number of nitrogens with zero attached hydrogens (tertiary/aromatic N) is 2. The fourth-order valence-corrected chi connectivity index (χ4v) is 3.22. The molecule has 0 heterocycles. The second kappa shape index (κ2) is 7.52. The van der Waals surface area contributed by atoms with Gasteiger partial charge in [-0.3, -0.25) is 0 Å². The van der Waals surface area contributed by atoms with E-state index in [0.29, 0.717) is 10.6 Å². The van der Waals surface area contributed by atoms with Gasteiger partial charge in [-0.25, -0.2) is 0 Å². The lowest BCUT2D eigenvalue weighted by Gasteiger charge is -2.10. The first-order chi connectivity index (χ1) is 12.6. The number of nitriles is 2. The lowest BCUT2D eigenvalue weighted by Crippen LogP contribution is -1.90. The van der Waals surface area contributed by atoms with E-state index >= 15 is 0 Å². The van der Waals surface area contributed by atoms with Crippen LogP contribution >= 0.6 is 11.8 Å². The van der Waals surface area contributed by atoms with E-state index in [1.165, 1.54) is 0 Å². The quantitative estimate of drug-likeness (QED) is 0.650. The minimum atomic E-state index is -0.530. The molecule has 26 heavy (non-hydrogen) atoms. The zero-order chi connectivity index (χ0) is 18.5. The summed E-state index contributed by atoms with van der Waals surface area (Å²) < 4.78 is 5.72. The summed E-state index contributed by atoms with van der Waals surface area (Å²) in [6, 6.07) is 21.4. The maximum Gasteiger partial charge on any atom is 0.176 e. The number of phenolic OH excluding ortho intramolecular Hbond substituents is 2. The van der Waals surface area contributed by atoms with E-state index < -0.39 is 11.5 Å². The highest BCUT2D eigenvalue weighted by Crippen LogP contribution is 2.41. The van der Waals surface area contributed by atoms with Crippen molar-refractivity contribution < 1.29 is 14.9 Å². The first-order valence-corrected chi connectivity index (χ1v) is 8.34. The molecule has 5 nitrogen and oxygen atoms in total. The van der Waals surface area contributed by atoms with Crippen LogP contribution in [0, 0.1) is 22.7 Å². The lowest BCUT2D eigenvalue weighted by molar-refractivity contribution is 0.401. The predicted octanol–water partition coefficient (Wildman–Crippen LogP) is 4.78. The topological polar surface area (TPSA) is 97.3 Å². The Kier molecular flexibility index (Phi) is 4.98. The SMILES string of the molecule is N#Cc1cc(O)c(O)c(C#N)c1Sc1ccc(Oc2ccccc2)cc1. The van der Waals surface area contributed by atoms with E-state index in [4.69, 9.17) is 4.74 Å². The number of benzene rings is 3. The lowest BCUT2D eigenvalue weighted by atomic mass is 10.1. The van der Waals surface area contributed by atoms with Crippen LogP contribution in [0.15, 0.2) is 70.5 Å². The summed E-state index contributed by atoms with van der Waals surface area (Å²) in [5, 5.41) is 38.0. The molecule has 3 rings (SSSR count). The summed E-state index contributed by atoms with van der Waals surface area (Å²) in [4.78, 5) is 1.05. The zero-order valence-electron chi connectivity index (χ0n) is 13.4. The third-order valence-corrected chi connectivity index (χ3v) is 4.62. The van der Waals surface area contributed by atoms with E-state index in [9.17, 15) is 20.7 Å². The van der Waals surface area contributed by atoms with Crippen molar-refractivity contribution in [3.8, 4) is 35.1 Å². The van der Waals surface area contributed by atoms with Crippen LogP contribution in [-0.4, -0.2) is 10.2 Å². The molecule has 0 amide bonds. The Hall–Kier alpha value is -3.61. The number of phenols is 2. The average Bonchev–Trinajstić information content (AvgIpc) is 2.67. The first-order valence-electron chi connectivity index (χ1n) is 7.52. The Balaban J connectivity index is 1.87. The molecule has 0 atom stereocenters. The molecule has 0 aliphatic rings. The molecule has 0 aliphatic carbocycles. The standard InChI is InChI=1S/C20H12N2O3S/c21-11-13-10-18(23)19(24)17(12-22)20(13)26-16-8-6-15(7-9-16)25-14-4-2-1-3-5-14/h1-10,23-24H. The van der Waals surface area contributed by atoms with E-state index in [-0.39, 0.29) is 11.1 Å². The van der Waals surface area contributed by atoms with Gasteiger partial charge in [-0.05, 0) is 36.4 Å². The van der Waals surface area contributed by atoms with Crippen molar-refractivity contribution in [2.75, 3.05) is 0 Å². The summed E-state index contributed by atoms with van der Waals surface area (Å²) in [6.07, 6.45) is 0. The Morgan fingerprint density at radius 3 is 2.12 bits per heavy atom. The van der Waals surface area contributed by atoms with Crippen LogP contribution in [0.4, 0.5) is 0 Å². The molecule has 0 radical (unpaired) electrons. The third-order valence-electron chi connectivity index (χ3n) is 3.49. The first kappa shape index (κ1) is 17.2. The highest BCUT2D eigenvalue weighted by atomic mass is 32.2. The van der Waals surface area contributed by atoms with Crippen LogP contribution in [0.1, 0.15) is 11.1 Å². The van der Waals surface area contributed by atoms with Crippen molar-refractivity contribution >= 4 is 11.8 Å². The normalized spacial score (nSPS) is 9.92. The zero-order valence-corrected chi connectivity index (χ0v) is 14.2. The number of rotatable bonds is 4. The van der Waals surface area contributed by atoms with Gasteiger partial charge in [-0.15, -0.1) is 0 Å². The number of hydrogen-bond acceptors (Lipinski definition) is 6. The molecule has 2 N–H and O–H groups in total. The van der Waals surface area contributed by atoms with Crippen LogP contribution in [0.3, 0.4) is 0 Å². The molecule has 3 aromatic carbocycles. The fraction of sp³-hybridized carbons (Fsp3) is 0.